The summed E-state index contributed by atoms with van der Waals surface area (Å²) in [6.07, 6.45) is 1.81. The number of aromatic amines is 1. The Labute approximate surface area is 128 Å². The van der Waals surface area contributed by atoms with Crippen LogP contribution in [0, 0.1) is 5.82 Å². The normalized spacial score (nSPS) is 10.7. The Kier molecular flexibility index (Phi) is 4.00. The SMILES string of the molecule is O=C(NCCc1noc(=O)[nH]1)c1ccn(-c2ccccc2F)n1. The lowest BCUT2D eigenvalue weighted by molar-refractivity contribution is 0.0948. The molecule has 0 unspecified atom stereocenters. The van der Waals surface area contributed by atoms with Crippen molar-refractivity contribution in [2.75, 3.05) is 6.54 Å². The molecule has 2 N–H and O–H groups in total. The minimum atomic E-state index is -0.644. The van der Waals surface area contributed by atoms with Crippen molar-refractivity contribution in [3.8, 4) is 5.69 Å². The number of hydrogen-bond acceptors (Lipinski definition) is 5. The molecule has 1 aromatic carbocycles. The van der Waals surface area contributed by atoms with E-state index in [0.717, 1.165) is 0 Å². The van der Waals surface area contributed by atoms with Gasteiger partial charge in [-0.1, -0.05) is 17.3 Å². The van der Waals surface area contributed by atoms with Gasteiger partial charge < -0.3 is 5.32 Å². The molecule has 118 valence electrons. The molecule has 0 atom stereocenters. The predicted molar refractivity (Wildman–Crippen MR) is 76.7 cm³/mol. The van der Waals surface area contributed by atoms with Gasteiger partial charge in [-0.3, -0.25) is 14.3 Å². The summed E-state index contributed by atoms with van der Waals surface area (Å²) < 4.78 is 19.3. The fourth-order valence-corrected chi connectivity index (χ4v) is 1.97. The van der Waals surface area contributed by atoms with Crippen LogP contribution in [0.4, 0.5) is 4.39 Å². The smallest absolute Gasteiger partial charge is 0.350 e. The molecule has 1 amide bonds. The summed E-state index contributed by atoms with van der Waals surface area (Å²) in [6, 6.07) is 7.61. The number of H-pyrrole nitrogens is 1. The zero-order chi connectivity index (χ0) is 16.2. The molecule has 0 saturated carbocycles. The van der Waals surface area contributed by atoms with Gasteiger partial charge in [-0.05, 0) is 18.2 Å². The number of aromatic nitrogens is 4. The summed E-state index contributed by atoms with van der Waals surface area (Å²) in [5.41, 5.74) is 0.411. The number of rotatable bonds is 5. The summed E-state index contributed by atoms with van der Waals surface area (Å²) in [4.78, 5) is 25.1. The Hall–Kier alpha value is -3.23. The van der Waals surface area contributed by atoms with E-state index in [1.165, 1.54) is 23.0 Å². The Bertz CT molecular complexity index is 882. The van der Waals surface area contributed by atoms with Gasteiger partial charge in [0.2, 0.25) is 0 Å². The molecule has 0 aliphatic rings. The van der Waals surface area contributed by atoms with Crippen LogP contribution >= 0.6 is 0 Å². The number of carbonyl (C=O) groups excluding carboxylic acids is 1. The predicted octanol–water partition coefficient (Wildman–Crippen LogP) is 0.660. The second kappa shape index (κ2) is 6.26. The fraction of sp³-hybridized carbons (Fsp3) is 0.143. The second-order valence-corrected chi connectivity index (χ2v) is 4.64. The summed E-state index contributed by atoms with van der Waals surface area (Å²) in [7, 11) is 0. The van der Waals surface area contributed by atoms with E-state index in [1.807, 2.05) is 0 Å². The lowest BCUT2D eigenvalue weighted by Crippen LogP contribution is -2.26. The summed E-state index contributed by atoms with van der Waals surface area (Å²) in [5, 5.41) is 10.2. The number of nitrogens with zero attached hydrogens (tertiary/aromatic N) is 3. The first-order valence-electron chi connectivity index (χ1n) is 6.77. The Balaban J connectivity index is 1.62. The highest BCUT2D eigenvalue weighted by Crippen LogP contribution is 2.12. The highest BCUT2D eigenvalue weighted by atomic mass is 19.1. The van der Waals surface area contributed by atoms with E-state index in [9.17, 15) is 14.0 Å². The average molecular weight is 317 g/mol. The van der Waals surface area contributed by atoms with Crippen molar-refractivity contribution < 1.29 is 13.7 Å². The van der Waals surface area contributed by atoms with Crippen LogP contribution in [0.2, 0.25) is 0 Å². The topological polar surface area (TPSA) is 106 Å². The van der Waals surface area contributed by atoms with Crippen molar-refractivity contribution in [3.05, 3.63) is 64.4 Å². The number of carbonyl (C=O) groups is 1. The van der Waals surface area contributed by atoms with Gasteiger partial charge in [0.15, 0.2) is 11.5 Å². The molecular weight excluding hydrogens is 305 g/mol. The molecule has 8 nitrogen and oxygen atoms in total. The molecule has 0 aliphatic carbocycles. The molecule has 3 aromatic rings. The molecule has 0 aliphatic heterocycles. The van der Waals surface area contributed by atoms with Crippen molar-refractivity contribution in [1.29, 1.82) is 0 Å². The van der Waals surface area contributed by atoms with Gasteiger partial charge in [-0.15, -0.1) is 0 Å². The molecule has 0 saturated heterocycles. The number of halogens is 1. The zero-order valence-electron chi connectivity index (χ0n) is 11.8. The Morgan fingerprint density at radius 2 is 2.17 bits per heavy atom. The molecule has 0 radical (unpaired) electrons. The molecule has 23 heavy (non-hydrogen) atoms. The van der Waals surface area contributed by atoms with Crippen LogP contribution in [0.25, 0.3) is 5.69 Å². The van der Waals surface area contributed by atoms with E-state index >= 15 is 0 Å². The molecule has 0 fully saturated rings. The van der Waals surface area contributed by atoms with Crippen LogP contribution in [0.1, 0.15) is 16.3 Å². The summed E-state index contributed by atoms with van der Waals surface area (Å²) in [6.45, 7) is 0.244. The van der Waals surface area contributed by atoms with Crippen molar-refractivity contribution in [2.45, 2.75) is 6.42 Å². The van der Waals surface area contributed by atoms with Crippen molar-refractivity contribution in [2.24, 2.45) is 0 Å². The maximum Gasteiger partial charge on any atom is 0.438 e. The van der Waals surface area contributed by atoms with Crippen molar-refractivity contribution in [3.63, 3.8) is 0 Å². The van der Waals surface area contributed by atoms with E-state index < -0.39 is 17.5 Å². The van der Waals surface area contributed by atoms with Crippen molar-refractivity contribution in [1.82, 2.24) is 25.2 Å². The van der Waals surface area contributed by atoms with Crippen LogP contribution in [0.3, 0.4) is 0 Å². The number of para-hydroxylation sites is 1. The molecule has 0 spiro atoms. The molecule has 2 aromatic heterocycles. The first-order valence-corrected chi connectivity index (χ1v) is 6.77. The number of benzene rings is 1. The van der Waals surface area contributed by atoms with Crippen LogP contribution in [0.15, 0.2) is 45.8 Å². The standard InChI is InChI=1S/C14H12FN5O3/c15-9-3-1-2-4-11(9)20-8-6-10(18-20)13(21)16-7-5-12-17-14(22)23-19-12/h1-4,6,8H,5,7H2,(H,16,21)(H,17,19,22). The third kappa shape index (κ3) is 3.34. The molecule has 3 rings (SSSR count). The molecular formula is C14H12FN5O3. The van der Waals surface area contributed by atoms with E-state index in [0.29, 0.717) is 12.2 Å². The Morgan fingerprint density at radius 1 is 1.35 bits per heavy atom. The van der Waals surface area contributed by atoms with Crippen LogP contribution in [-0.2, 0) is 6.42 Å². The maximum absolute atomic E-state index is 13.7. The highest BCUT2D eigenvalue weighted by Gasteiger charge is 2.12. The minimum Gasteiger partial charge on any atom is -0.350 e. The van der Waals surface area contributed by atoms with Gasteiger partial charge in [0.1, 0.15) is 11.5 Å². The quantitative estimate of drug-likeness (QED) is 0.719. The minimum absolute atomic E-state index is 0.155. The van der Waals surface area contributed by atoms with E-state index in [2.05, 4.69) is 25.1 Å². The van der Waals surface area contributed by atoms with Gasteiger partial charge in [0, 0.05) is 19.2 Å². The van der Waals surface area contributed by atoms with E-state index in [1.54, 1.807) is 18.2 Å². The number of nitrogens with one attached hydrogen (secondary N) is 2. The average Bonchev–Trinajstić information content (AvgIpc) is 3.17. The largest absolute Gasteiger partial charge is 0.438 e. The number of hydrogen-bond donors (Lipinski definition) is 2. The highest BCUT2D eigenvalue weighted by molar-refractivity contribution is 5.92. The maximum atomic E-state index is 13.7. The van der Waals surface area contributed by atoms with Gasteiger partial charge >= 0.3 is 5.76 Å². The molecule has 0 bridgehead atoms. The first-order chi connectivity index (χ1) is 11.1. The molecule has 2 heterocycles. The Morgan fingerprint density at radius 3 is 2.91 bits per heavy atom. The monoisotopic (exact) mass is 317 g/mol. The first kappa shape index (κ1) is 14.7. The summed E-state index contributed by atoms with van der Waals surface area (Å²) in [5.74, 6) is -1.15. The van der Waals surface area contributed by atoms with Crippen molar-refractivity contribution >= 4 is 5.91 Å². The third-order valence-corrected chi connectivity index (χ3v) is 3.05. The van der Waals surface area contributed by atoms with Crippen LogP contribution in [0.5, 0.6) is 0 Å². The van der Waals surface area contributed by atoms with Crippen LogP contribution < -0.4 is 11.1 Å². The van der Waals surface area contributed by atoms with Gasteiger partial charge in [0.05, 0.1) is 0 Å². The third-order valence-electron chi connectivity index (χ3n) is 3.05. The van der Waals surface area contributed by atoms with Gasteiger partial charge in [-0.25, -0.2) is 13.9 Å². The van der Waals surface area contributed by atoms with Crippen LogP contribution in [-0.4, -0.2) is 32.4 Å². The zero-order valence-corrected chi connectivity index (χ0v) is 11.8. The van der Waals surface area contributed by atoms with E-state index in [4.69, 9.17) is 0 Å². The van der Waals surface area contributed by atoms with E-state index in [-0.39, 0.29) is 17.9 Å². The van der Waals surface area contributed by atoms with Gasteiger partial charge in [-0.2, -0.15) is 5.10 Å². The second-order valence-electron chi connectivity index (χ2n) is 4.64. The lowest BCUT2D eigenvalue weighted by atomic mass is 10.3. The van der Waals surface area contributed by atoms with Gasteiger partial charge in [0.25, 0.3) is 5.91 Å². The fourth-order valence-electron chi connectivity index (χ4n) is 1.97. The summed E-state index contributed by atoms with van der Waals surface area (Å²) >= 11 is 0. The molecule has 9 heteroatoms. The lowest BCUT2D eigenvalue weighted by Gasteiger charge is -2.03. The number of amides is 1.